The molecule has 4 heteroatoms. The van der Waals surface area contributed by atoms with Crippen LogP contribution in [0.1, 0.15) is 23.7 Å². The zero-order valence-electron chi connectivity index (χ0n) is 9.40. The topological polar surface area (TPSA) is 64.7 Å². The van der Waals surface area contributed by atoms with Crippen LogP contribution in [0, 0.1) is 6.92 Å². The van der Waals surface area contributed by atoms with E-state index in [4.69, 9.17) is 15.2 Å². The largest absolute Gasteiger partial charge is 0.490 e. The number of hydrogen-bond acceptors (Lipinski definition) is 4. The summed E-state index contributed by atoms with van der Waals surface area (Å²) in [5.41, 5.74) is 7.24. The Hall–Kier alpha value is -1.26. The van der Waals surface area contributed by atoms with Gasteiger partial charge in [0.1, 0.15) is 0 Å². The molecule has 1 unspecified atom stereocenters. The second kappa shape index (κ2) is 4.72. The highest BCUT2D eigenvalue weighted by atomic mass is 16.5. The van der Waals surface area contributed by atoms with Gasteiger partial charge in [-0.2, -0.15) is 0 Å². The van der Waals surface area contributed by atoms with Gasteiger partial charge in [0.15, 0.2) is 11.5 Å². The molecule has 1 aromatic carbocycles. The molecule has 1 aromatic rings. The van der Waals surface area contributed by atoms with Crippen LogP contribution >= 0.6 is 0 Å². The van der Waals surface area contributed by atoms with Crippen LogP contribution < -0.4 is 15.2 Å². The van der Waals surface area contributed by atoms with E-state index in [-0.39, 0.29) is 6.54 Å². The number of aryl methyl sites for hydroxylation is 1. The predicted molar refractivity (Wildman–Crippen MR) is 60.8 cm³/mol. The molecule has 0 fully saturated rings. The number of hydrogen-bond donors (Lipinski definition) is 2. The summed E-state index contributed by atoms with van der Waals surface area (Å²) in [4.78, 5) is 0. The fraction of sp³-hybridized carbons (Fsp3) is 0.500. The van der Waals surface area contributed by atoms with Crippen molar-refractivity contribution >= 4 is 0 Å². The van der Waals surface area contributed by atoms with Gasteiger partial charge in [0.05, 0.1) is 19.3 Å². The van der Waals surface area contributed by atoms with E-state index in [1.165, 1.54) is 0 Å². The van der Waals surface area contributed by atoms with Crippen molar-refractivity contribution in [2.45, 2.75) is 19.4 Å². The van der Waals surface area contributed by atoms with Crippen molar-refractivity contribution in [3.63, 3.8) is 0 Å². The average molecular weight is 223 g/mol. The fourth-order valence-electron chi connectivity index (χ4n) is 1.81. The van der Waals surface area contributed by atoms with Crippen LogP contribution in [0.25, 0.3) is 0 Å². The zero-order valence-corrected chi connectivity index (χ0v) is 9.40. The van der Waals surface area contributed by atoms with Gasteiger partial charge in [-0.3, -0.25) is 0 Å². The van der Waals surface area contributed by atoms with Crippen LogP contribution in [-0.2, 0) is 0 Å². The lowest BCUT2D eigenvalue weighted by Gasteiger charge is -2.15. The SMILES string of the molecule is Cc1cc2c(cc1C(O)CN)OCCCO2. The van der Waals surface area contributed by atoms with E-state index in [1.54, 1.807) is 0 Å². The third-order valence-corrected chi connectivity index (χ3v) is 2.72. The first-order valence-electron chi connectivity index (χ1n) is 5.50. The summed E-state index contributed by atoms with van der Waals surface area (Å²) in [7, 11) is 0. The Morgan fingerprint density at radius 3 is 2.56 bits per heavy atom. The number of aliphatic hydroxyl groups excluding tert-OH is 1. The van der Waals surface area contributed by atoms with Crippen molar-refractivity contribution in [1.29, 1.82) is 0 Å². The lowest BCUT2D eigenvalue weighted by Crippen LogP contribution is -2.13. The number of benzene rings is 1. The van der Waals surface area contributed by atoms with E-state index >= 15 is 0 Å². The Morgan fingerprint density at radius 2 is 1.94 bits per heavy atom. The Morgan fingerprint density at radius 1 is 1.31 bits per heavy atom. The van der Waals surface area contributed by atoms with E-state index in [9.17, 15) is 5.11 Å². The maximum atomic E-state index is 9.76. The van der Waals surface area contributed by atoms with E-state index in [0.717, 1.165) is 23.3 Å². The van der Waals surface area contributed by atoms with E-state index in [1.807, 2.05) is 19.1 Å². The molecule has 3 N–H and O–H groups in total. The molecule has 16 heavy (non-hydrogen) atoms. The number of ether oxygens (including phenoxy) is 2. The Bertz CT molecular complexity index is 379. The quantitative estimate of drug-likeness (QED) is 0.789. The molecule has 4 nitrogen and oxygen atoms in total. The maximum Gasteiger partial charge on any atom is 0.161 e. The molecule has 0 saturated heterocycles. The molecule has 1 aliphatic rings. The minimum atomic E-state index is -0.642. The van der Waals surface area contributed by atoms with E-state index < -0.39 is 6.10 Å². The first kappa shape index (κ1) is 11.2. The van der Waals surface area contributed by atoms with Gasteiger partial charge < -0.3 is 20.3 Å². The molecule has 0 bridgehead atoms. The highest BCUT2D eigenvalue weighted by Gasteiger charge is 2.16. The predicted octanol–water partition coefficient (Wildman–Crippen LogP) is 1.15. The number of fused-ring (bicyclic) bond motifs is 1. The van der Waals surface area contributed by atoms with Crippen LogP contribution in [0.4, 0.5) is 0 Å². The van der Waals surface area contributed by atoms with E-state index in [0.29, 0.717) is 19.0 Å². The summed E-state index contributed by atoms with van der Waals surface area (Å²) in [6.45, 7) is 3.46. The van der Waals surface area contributed by atoms with Gasteiger partial charge in [0.25, 0.3) is 0 Å². The minimum Gasteiger partial charge on any atom is -0.490 e. The van der Waals surface area contributed by atoms with Gasteiger partial charge in [-0.15, -0.1) is 0 Å². The summed E-state index contributed by atoms with van der Waals surface area (Å²) in [6.07, 6.45) is 0.236. The van der Waals surface area contributed by atoms with Crippen LogP contribution in [0.3, 0.4) is 0 Å². The summed E-state index contributed by atoms with van der Waals surface area (Å²) in [5.74, 6) is 1.45. The van der Waals surface area contributed by atoms with Crippen molar-refractivity contribution < 1.29 is 14.6 Å². The highest BCUT2D eigenvalue weighted by molar-refractivity contribution is 5.48. The molecular formula is C12H17NO3. The van der Waals surface area contributed by atoms with Crippen molar-refractivity contribution in [2.24, 2.45) is 5.73 Å². The van der Waals surface area contributed by atoms with Crippen LogP contribution in [0.15, 0.2) is 12.1 Å². The third-order valence-electron chi connectivity index (χ3n) is 2.72. The summed E-state index contributed by atoms with van der Waals surface area (Å²) >= 11 is 0. The molecule has 0 aromatic heterocycles. The zero-order chi connectivity index (χ0) is 11.5. The monoisotopic (exact) mass is 223 g/mol. The van der Waals surface area contributed by atoms with Gasteiger partial charge in [0.2, 0.25) is 0 Å². The lowest BCUT2D eigenvalue weighted by atomic mass is 10.0. The molecule has 1 atom stereocenters. The average Bonchev–Trinajstić information content (AvgIpc) is 2.51. The van der Waals surface area contributed by atoms with E-state index in [2.05, 4.69) is 0 Å². The molecule has 88 valence electrons. The summed E-state index contributed by atoms with van der Waals surface area (Å²) < 4.78 is 11.1. The normalized spacial score (nSPS) is 16.7. The molecule has 0 aliphatic carbocycles. The minimum absolute atomic E-state index is 0.209. The first-order chi connectivity index (χ1) is 7.72. The van der Waals surface area contributed by atoms with Crippen molar-refractivity contribution in [2.75, 3.05) is 19.8 Å². The number of rotatable bonds is 2. The Labute approximate surface area is 95.0 Å². The highest BCUT2D eigenvalue weighted by Crippen LogP contribution is 2.34. The number of aliphatic hydroxyl groups is 1. The maximum absolute atomic E-state index is 9.76. The molecule has 2 rings (SSSR count). The molecule has 0 amide bonds. The van der Waals surface area contributed by atoms with Crippen molar-refractivity contribution in [1.82, 2.24) is 0 Å². The van der Waals surface area contributed by atoms with Gasteiger partial charge in [-0.1, -0.05) is 0 Å². The molecule has 1 aliphatic heterocycles. The van der Waals surface area contributed by atoms with Crippen LogP contribution in [0.2, 0.25) is 0 Å². The number of nitrogens with two attached hydrogens (primary N) is 1. The fourth-order valence-corrected chi connectivity index (χ4v) is 1.81. The van der Waals surface area contributed by atoms with Gasteiger partial charge in [-0.05, 0) is 30.2 Å². The molecule has 0 spiro atoms. The lowest BCUT2D eigenvalue weighted by molar-refractivity contribution is 0.185. The van der Waals surface area contributed by atoms with Gasteiger partial charge in [0, 0.05) is 13.0 Å². The van der Waals surface area contributed by atoms with Crippen molar-refractivity contribution in [3.05, 3.63) is 23.3 Å². The Balaban J connectivity index is 2.38. The van der Waals surface area contributed by atoms with Gasteiger partial charge in [-0.25, -0.2) is 0 Å². The smallest absolute Gasteiger partial charge is 0.161 e. The van der Waals surface area contributed by atoms with Crippen molar-refractivity contribution in [3.8, 4) is 11.5 Å². The standard InChI is InChI=1S/C12H17NO3/c1-8-5-11-12(16-4-2-3-15-11)6-9(8)10(14)7-13/h5-6,10,14H,2-4,7,13H2,1H3. The van der Waals surface area contributed by atoms with Crippen LogP contribution in [-0.4, -0.2) is 24.9 Å². The first-order valence-corrected chi connectivity index (χ1v) is 5.50. The Kier molecular flexibility index (Phi) is 3.31. The summed E-state index contributed by atoms with van der Waals surface area (Å²) in [6, 6.07) is 3.72. The second-order valence-electron chi connectivity index (χ2n) is 3.96. The third kappa shape index (κ3) is 2.13. The molecule has 1 heterocycles. The van der Waals surface area contributed by atoms with Crippen LogP contribution in [0.5, 0.6) is 11.5 Å². The molecule has 0 radical (unpaired) electrons. The molecule has 0 saturated carbocycles. The second-order valence-corrected chi connectivity index (χ2v) is 3.96. The summed E-state index contributed by atoms with van der Waals surface area (Å²) in [5, 5.41) is 9.76. The molecular weight excluding hydrogens is 206 g/mol. The van der Waals surface area contributed by atoms with Gasteiger partial charge >= 0.3 is 0 Å².